The van der Waals surface area contributed by atoms with Gasteiger partial charge in [-0.25, -0.2) is 9.59 Å². The van der Waals surface area contributed by atoms with E-state index >= 15 is 0 Å². The predicted molar refractivity (Wildman–Crippen MR) is 106 cm³/mol. The first kappa shape index (κ1) is 21.4. The van der Waals surface area contributed by atoms with Crippen molar-refractivity contribution < 1.29 is 23.8 Å². The molecule has 1 unspecified atom stereocenters. The van der Waals surface area contributed by atoms with Crippen molar-refractivity contribution in [3.63, 3.8) is 0 Å². The topological polar surface area (TPSA) is 77.1 Å². The van der Waals surface area contributed by atoms with Gasteiger partial charge in [0, 0.05) is 32.6 Å². The molecule has 0 aromatic heterocycles. The fourth-order valence-corrected chi connectivity index (χ4v) is 2.45. The van der Waals surface area contributed by atoms with Crippen LogP contribution in [-0.4, -0.2) is 44.8 Å². The van der Waals surface area contributed by atoms with Crippen LogP contribution >= 0.6 is 11.6 Å². The maximum atomic E-state index is 11.7. The van der Waals surface area contributed by atoms with Crippen molar-refractivity contribution in [3.8, 4) is 11.5 Å². The van der Waals surface area contributed by atoms with Crippen LogP contribution in [-0.2, 0) is 4.74 Å². The predicted octanol–water partition coefficient (Wildman–Crippen LogP) is 4.27. The molecule has 1 N–H and O–H groups in total. The van der Waals surface area contributed by atoms with Gasteiger partial charge in [-0.05, 0) is 35.9 Å². The second-order valence-corrected chi connectivity index (χ2v) is 6.51. The Bertz CT molecular complexity index is 795. The first-order valence-corrected chi connectivity index (χ1v) is 9.02. The minimum absolute atomic E-state index is 0.319. The average Bonchev–Trinajstić information content (AvgIpc) is 2.67. The van der Waals surface area contributed by atoms with Crippen LogP contribution in [0, 0.1) is 0 Å². The van der Waals surface area contributed by atoms with E-state index < -0.39 is 18.3 Å². The molecule has 0 spiro atoms. The van der Waals surface area contributed by atoms with E-state index in [9.17, 15) is 9.59 Å². The molecule has 0 bridgehead atoms. The van der Waals surface area contributed by atoms with Crippen LogP contribution in [0.4, 0.5) is 9.59 Å². The van der Waals surface area contributed by atoms with Gasteiger partial charge in [-0.15, -0.1) is 0 Å². The van der Waals surface area contributed by atoms with Gasteiger partial charge >= 0.3 is 12.2 Å². The summed E-state index contributed by atoms with van der Waals surface area (Å²) in [7, 11) is 4.69. The molecule has 150 valence electrons. The number of carbonyl (C=O) groups excluding carboxylic acids is 2. The minimum Gasteiger partial charge on any atom is -0.493 e. The summed E-state index contributed by atoms with van der Waals surface area (Å²) < 4.78 is 16.3. The highest BCUT2D eigenvalue weighted by Crippen LogP contribution is 2.25. The van der Waals surface area contributed by atoms with E-state index in [2.05, 4.69) is 5.32 Å². The molecule has 0 aliphatic rings. The Morgan fingerprint density at radius 2 is 1.82 bits per heavy atom. The number of alkyl carbamates (subject to hydrolysis) is 1. The van der Waals surface area contributed by atoms with Crippen LogP contribution < -0.4 is 14.8 Å². The van der Waals surface area contributed by atoms with E-state index in [-0.39, 0.29) is 0 Å². The van der Waals surface area contributed by atoms with Crippen molar-refractivity contribution in [1.82, 2.24) is 10.2 Å². The van der Waals surface area contributed by atoms with Gasteiger partial charge in [0.15, 0.2) is 0 Å². The van der Waals surface area contributed by atoms with E-state index in [0.717, 1.165) is 5.56 Å². The zero-order valence-corrected chi connectivity index (χ0v) is 16.7. The monoisotopic (exact) mass is 406 g/mol. The molecule has 0 saturated carbocycles. The van der Waals surface area contributed by atoms with Gasteiger partial charge in [-0.1, -0.05) is 29.8 Å². The summed E-state index contributed by atoms with van der Waals surface area (Å²) in [5.74, 6) is 1.04. The molecule has 0 aliphatic carbocycles. The second-order valence-electron chi connectivity index (χ2n) is 6.07. The van der Waals surface area contributed by atoms with Crippen LogP contribution in [0.2, 0.25) is 5.02 Å². The Hall–Kier alpha value is -2.93. The number of hydrogen-bond acceptors (Lipinski definition) is 5. The third-order valence-corrected chi connectivity index (χ3v) is 3.96. The minimum atomic E-state index is -0.545. The lowest BCUT2D eigenvalue weighted by Gasteiger charge is -2.19. The van der Waals surface area contributed by atoms with E-state index in [0.29, 0.717) is 29.5 Å². The normalized spacial score (nSPS) is 11.3. The number of ether oxygens (including phenoxy) is 3. The van der Waals surface area contributed by atoms with Crippen molar-refractivity contribution >= 4 is 23.8 Å². The van der Waals surface area contributed by atoms with Gasteiger partial charge in [0.25, 0.3) is 0 Å². The number of halogens is 1. The molecule has 0 radical (unpaired) electrons. The molecular weight excluding hydrogens is 384 g/mol. The highest BCUT2D eigenvalue weighted by molar-refractivity contribution is 6.30. The number of benzene rings is 2. The molecule has 1 atom stereocenters. The molecule has 2 aromatic rings. The summed E-state index contributed by atoms with van der Waals surface area (Å²) >= 11 is 5.94. The number of nitrogens with one attached hydrogen (secondary N) is 1. The number of amides is 2. The molecule has 7 nitrogen and oxygen atoms in total. The number of nitrogens with zero attached hydrogens (tertiary/aromatic N) is 1. The van der Waals surface area contributed by atoms with Crippen molar-refractivity contribution in [2.75, 3.05) is 27.7 Å². The summed E-state index contributed by atoms with van der Waals surface area (Å²) in [6.45, 7) is 0.319. The molecule has 2 rings (SSSR count). The standard InChI is InChI=1S/C20H23ClN2O5/c1-22-19(24)28-18(11-12-26-17-6-4-5-15(21)13-17)14-7-9-16(10-8-14)27-20(25)23(2)3/h4-10,13,18H,11-12H2,1-3H3,(H,22,24). The van der Waals surface area contributed by atoms with Crippen LogP contribution in [0.25, 0.3) is 0 Å². The van der Waals surface area contributed by atoms with Gasteiger partial charge < -0.3 is 24.4 Å². The summed E-state index contributed by atoms with van der Waals surface area (Å²) in [6, 6.07) is 13.8. The van der Waals surface area contributed by atoms with Crippen molar-refractivity contribution in [1.29, 1.82) is 0 Å². The zero-order valence-electron chi connectivity index (χ0n) is 16.0. The largest absolute Gasteiger partial charge is 0.493 e. The summed E-state index contributed by atoms with van der Waals surface area (Å²) in [4.78, 5) is 24.6. The van der Waals surface area contributed by atoms with Gasteiger partial charge in [0.05, 0.1) is 6.61 Å². The maximum absolute atomic E-state index is 11.7. The fraction of sp³-hybridized carbons (Fsp3) is 0.300. The van der Waals surface area contributed by atoms with Crippen LogP contribution in [0.5, 0.6) is 11.5 Å². The smallest absolute Gasteiger partial charge is 0.414 e. The third kappa shape index (κ3) is 6.66. The Balaban J connectivity index is 2.03. The molecular formula is C20H23ClN2O5. The first-order chi connectivity index (χ1) is 13.4. The Morgan fingerprint density at radius 1 is 1.11 bits per heavy atom. The summed E-state index contributed by atoms with van der Waals surface area (Å²) in [5.41, 5.74) is 0.753. The Labute approximate surface area is 169 Å². The fourth-order valence-electron chi connectivity index (χ4n) is 2.26. The molecule has 0 aliphatic heterocycles. The van der Waals surface area contributed by atoms with Gasteiger partial charge in [-0.2, -0.15) is 0 Å². The molecule has 0 fully saturated rings. The molecule has 2 amide bonds. The maximum Gasteiger partial charge on any atom is 0.414 e. The van der Waals surface area contributed by atoms with E-state index in [1.54, 1.807) is 62.6 Å². The Morgan fingerprint density at radius 3 is 2.43 bits per heavy atom. The van der Waals surface area contributed by atoms with Gasteiger partial charge in [0.1, 0.15) is 17.6 Å². The lowest BCUT2D eigenvalue weighted by atomic mass is 10.1. The van der Waals surface area contributed by atoms with E-state index in [1.807, 2.05) is 0 Å². The van der Waals surface area contributed by atoms with E-state index in [1.165, 1.54) is 11.9 Å². The van der Waals surface area contributed by atoms with Gasteiger partial charge in [0.2, 0.25) is 0 Å². The molecule has 0 saturated heterocycles. The van der Waals surface area contributed by atoms with Crippen LogP contribution in [0.15, 0.2) is 48.5 Å². The highest BCUT2D eigenvalue weighted by atomic mass is 35.5. The number of hydrogen-bond donors (Lipinski definition) is 1. The zero-order chi connectivity index (χ0) is 20.5. The number of carbonyl (C=O) groups is 2. The van der Waals surface area contributed by atoms with Crippen LogP contribution in [0.3, 0.4) is 0 Å². The van der Waals surface area contributed by atoms with Gasteiger partial charge in [-0.3, -0.25) is 0 Å². The lowest BCUT2D eigenvalue weighted by Crippen LogP contribution is -2.25. The third-order valence-electron chi connectivity index (χ3n) is 3.72. The Kier molecular flexibility index (Phi) is 7.95. The van der Waals surface area contributed by atoms with E-state index in [4.69, 9.17) is 25.8 Å². The highest BCUT2D eigenvalue weighted by Gasteiger charge is 2.17. The summed E-state index contributed by atoms with van der Waals surface area (Å²) in [5, 5.41) is 3.02. The molecule has 2 aromatic carbocycles. The SMILES string of the molecule is CNC(=O)OC(CCOc1cccc(Cl)c1)c1ccc(OC(=O)N(C)C)cc1. The second kappa shape index (κ2) is 10.4. The lowest BCUT2D eigenvalue weighted by molar-refractivity contribution is 0.0843. The molecule has 0 heterocycles. The quantitative estimate of drug-likeness (QED) is 0.743. The summed E-state index contributed by atoms with van der Waals surface area (Å²) in [6.07, 6.45) is -1.12. The average molecular weight is 407 g/mol. The van der Waals surface area contributed by atoms with Crippen molar-refractivity contribution in [2.24, 2.45) is 0 Å². The van der Waals surface area contributed by atoms with Crippen molar-refractivity contribution in [2.45, 2.75) is 12.5 Å². The van der Waals surface area contributed by atoms with Crippen LogP contribution in [0.1, 0.15) is 18.1 Å². The first-order valence-electron chi connectivity index (χ1n) is 8.65. The molecule has 28 heavy (non-hydrogen) atoms. The number of rotatable bonds is 7. The van der Waals surface area contributed by atoms with Crippen molar-refractivity contribution in [3.05, 3.63) is 59.1 Å². The molecule has 8 heteroatoms.